The fraction of sp³-hybridized carbons (Fsp3) is 0.375. The molecule has 0 bridgehead atoms. The molecule has 182 valence electrons. The van der Waals surface area contributed by atoms with E-state index in [9.17, 15) is 31.5 Å². The fourth-order valence-electron chi connectivity index (χ4n) is 4.72. The van der Waals surface area contributed by atoms with Gasteiger partial charge in [0.2, 0.25) is 0 Å². The van der Waals surface area contributed by atoms with E-state index in [1.807, 2.05) is 4.90 Å². The van der Waals surface area contributed by atoms with Gasteiger partial charge in [0.05, 0.1) is 16.4 Å². The van der Waals surface area contributed by atoms with Gasteiger partial charge in [-0.05, 0) is 60.4 Å². The molecule has 10 heteroatoms. The van der Waals surface area contributed by atoms with Crippen molar-refractivity contribution in [3.8, 4) is 0 Å². The summed E-state index contributed by atoms with van der Waals surface area (Å²) in [7, 11) is -3.85. The standard InChI is InChI=1S/C24H25F3N2O4S/c1-2-22(34(32,33)19-9-3-16-4-10-20(23(30)31)21(16)15-19)29-13-11-28(12-14-29)18-7-5-17(6-8-18)24(25,26)27/h2-3,5-9,15,20,22H,1,4,10-14H2,(H,30,31). The number of carbonyl (C=O) groups is 1. The van der Waals surface area contributed by atoms with Crippen LogP contribution in [0.5, 0.6) is 0 Å². The first kappa shape index (κ1) is 24.3. The van der Waals surface area contributed by atoms with Crippen LogP contribution in [0.15, 0.2) is 60.0 Å². The van der Waals surface area contributed by atoms with E-state index < -0.39 is 38.8 Å². The van der Waals surface area contributed by atoms with Gasteiger partial charge in [-0.25, -0.2) is 8.42 Å². The predicted octanol–water partition coefficient (Wildman–Crippen LogP) is 3.93. The zero-order chi connectivity index (χ0) is 24.7. The number of halogens is 3. The van der Waals surface area contributed by atoms with Crippen molar-refractivity contribution in [2.75, 3.05) is 31.1 Å². The highest BCUT2D eigenvalue weighted by Crippen LogP contribution is 2.36. The minimum Gasteiger partial charge on any atom is -0.481 e. The molecule has 2 aromatic carbocycles. The van der Waals surface area contributed by atoms with Crippen LogP contribution in [-0.4, -0.2) is 55.9 Å². The Bertz CT molecular complexity index is 1190. The van der Waals surface area contributed by atoms with Crippen molar-refractivity contribution >= 4 is 21.5 Å². The van der Waals surface area contributed by atoms with Crippen molar-refractivity contribution < 1.29 is 31.5 Å². The third kappa shape index (κ3) is 4.56. The van der Waals surface area contributed by atoms with Crippen molar-refractivity contribution in [2.24, 2.45) is 0 Å². The van der Waals surface area contributed by atoms with E-state index >= 15 is 0 Å². The van der Waals surface area contributed by atoms with E-state index in [1.54, 1.807) is 11.0 Å². The number of hydrogen-bond acceptors (Lipinski definition) is 5. The molecule has 0 saturated carbocycles. The number of sulfone groups is 1. The zero-order valence-electron chi connectivity index (χ0n) is 18.3. The highest BCUT2D eigenvalue weighted by Gasteiger charge is 2.36. The maximum absolute atomic E-state index is 13.4. The first-order chi connectivity index (χ1) is 16.0. The summed E-state index contributed by atoms with van der Waals surface area (Å²) in [4.78, 5) is 15.3. The summed E-state index contributed by atoms with van der Waals surface area (Å²) >= 11 is 0. The van der Waals surface area contributed by atoms with Gasteiger partial charge in [-0.1, -0.05) is 12.1 Å². The molecule has 34 heavy (non-hydrogen) atoms. The molecule has 2 atom stereocenters. The molecule has 0 amide bonds. The lowest BCUT2D eigenvalue weighted by Crippen LogP contribution is -2.52. The van der Waals surface area contributed by atoms with Crippen LogP contribution in [0.3, 0.4) is 0 Å². The summed E-state index contributed by atoms with van der Waals surface area (Å²) in [6, 6.07) is 9.60. The molecule has 1 fully saturated rings. The van der Waals surface area contributed by atoms with Gasteiger partial charge in [-0.15, -0.1) is 6.58 Å². The third-order valence-electron chi connectivity index (χ3n) is 6.58. The van der Waals surface area contributed by atoms with Crippen LogP contribution in [0.4, 0.5) is 18.9 Å². The van der Waals surface area contributed by atoms with Crippen molar-refractivity contribution in [1.82, 2.24) is 4.90 Å². The maximum atomic E-state index is 13.4. The second kappa shape index (κ2) is 9.07. The monoisotopic (exact) mass is 494 g/mol. The molecule has 2 aromatic rings. The molecule has 6 nitrogen and oxygen atoms in total. The fourth-order valence-corrected chi connectivity index (χ4v) is 6.41. The highest BCUT2D eigenvalue weighted by atomic mass is 32.2. The summed E-state index contributed by atoms with van der Waals surface area (Å²) < 4.78 is 65.3. The lowest BCUT2D eigenvalue weighted by atomic mass is 10.0. The number of anilines is 1. The second-order valence-electron chi connectivity index (χ2n) is 8.53. The molecule has 1 saturated heterocycles. The number of alkyl halides is 3. The molecular weight excluding hydrogens is 469 g/mol. The van der Waals surface area contributed by atoms with Gasteiger partial charge in [0.25, 0.3) is 0 Å². The van der Waals surface area contributed by atoms with Gasteiger partial charge in [0.15, 0.2) is 9.84 Å². The van der Waals surface area contributed by atoms with E-state index in [0.717, 1.165) is 17.7 Å². The maximum Gasteiger partial charge on any atom is 0.416 e. The minimum absolute atomic E-state index is 0.0643. The number of piperazine rings is 1. The second-order valence-corrected chi connectivity index (χ2v) is 10.6. The van der Waals surface area contributed by atoms with Crippen LogP contribution >= 0.6 is 0 Å². The lowest BCUT2D eigenvalue weighted by Gasteiger charge is -2.39. The van der Waals surface area contributed by atoms with E-state index in [0.29, 0.717) is 50.3 Å². The number of nitrogens with zero attached hydrogens (tertiary/aromatic N) is 2. The molecule has 1 aliphatic heterocycles. The van der Waals surface area contributed by atoms with Crippen LogP contribution in [0.25, 0.3) is 0 Å². The minimum atomic E-state index is -4.40. The number of aryl methyl sites for hydroxylation is 1. The van der Waals surface area contributed by atoms with Crippen molar-refractivity contribution in [3.05, 3.63) is 71.8 Å². The lowest BCUT2D eigenvalue weighted by molar-refractivity contribution is -0.139. The Morgan fingerprint density at radius 3 is 2.29 bits per heavy atom. The molecule has 0 aromatic heterocycles. The Balaban J connectivity index is 1.49. The van der Waals surface area contributed by atoms with Crippen LogP contribution in [-0.2, 0) is 27.2 Å². The Morgan fingerprint density at radius 1 is 1.09 bits per heavy atom. The number of benzene rings is 2. The number of carboxylic acids is 1. The SMILES string of the molecule is C=CC(N1CCN(c2ccc(C(F)(F)F)cc2)CC1)S(=O)(=O)c1ccc2c(c1)C(C(=O)O)CC2. The predicted molar refractivity (Wildman–Crippen MR) is 122 cm³/mol. The molecule has 1 aliphatic carbocycles. The average Bonchev–Trinajstić information content (AvgIpc) is 3.23. The van der Waals surface area contributed by atoms with Gasteiger partial charge in [0.1, 0.15) is 5.37 Å². The largest absolute Gasteiger partial charge is 0.481 e. The van der Waals surface area contributed by atoms with Gasteiger partial charge >= 0.3 is 12.1 Å². The summed E-state index contributed by atoms with van der Waals surface area (Å²) in [6.45, 7) is 5.35. The van der Waals surface area contributed by atoms with Crippen molar-refractivity contribution in [3.63, 3.8) is 0 Å². The Morgan fingerprint density at radius 2 is 1.74 bits per heavy atom. The van der Waals surface area contributed by atoms with Gasteiger partial charge < -0.3 is 10.0 Å². The van der Waals surface area contributed by atoms with Gasteiger partial charge in [-0.2, -0.15) is 13.2 Å². The van der Waals surface area contributed by atoms with Crippen LogP contribution in [0.2, 0.25) is 0 Å². The topological polar surface area (TPSA) is 77.9 Å². The Hall–Kier alpha value is -2.85. The normalized spacial score (nSPS) is 20.1. The smallest absolute Gasteiger partial charge is 0.416 e. The molecule has 2 unspecified atom stereocenters. The van der Waals surface area contributed by atoms with Crippen molar-refractivity contribution in [1.29, 1.82) is 0 Å². The van der Waals surface area contributed by atoms with Gasteiger partial charge in [-0.3, -0.25) is 9.69 Å². The third-order valence-corrected chi connectivity index (χ3v) is 8.61. The molecule has 1 N–H and O–H groups in total. The highest BCUT2D eigenvalue weighted by molar-refractivity contribution is 7.92. The van der Waals surface area contributed by atoms with E-state index in [2.05, 4.69) is 6.58 Å². The molecular formula is C24H25F3N2O4S. The average molecular weight is 495 g/mol. The Labute approximate surface area is 196 Å². The quantitative estimate of drug-likeness (QED) is 0.614. The zero-order valence-corrected chi connectivity index (χ0v) is 19.1. The van der Waals surface area contributed by atoms with Crippen LogP contribution in [0, 0.1) is 0 Å². The molecule has 4 rings (SSSR count). The van der Waals surface area contributed by atoms with Crippen molar-refractivity contribution in [2.45, 2.75) is 35.2 Å². The molecule has 1 heterocycles. The van der Waals surface area contributed by atoms with E-state index in [-0.39, 0.29) is 4.90 Å². The molecule has 0 spiro atoms. The van der Waals surface area contributed by atoms with Crippen LogP contribution in [0.1, 0.15) is 29.0 Å². The van der Waals surface area contributed by atoms with Crippen LogP contribution < -0.4 is 4.90 Å². The Kier molecular flexibility index (Phi) is 6.48. The number of aliphatic carboxylic acids is 1. The van der Waals surface area contributed by atoms with E-state index in [4.69, 9.17) is 0 Å². The molecule has 2 aliphatic rings. The first-order valence-corrected chi connectivity index (χ1v) is 12.5. The first-order valence-electron chi connectivity index (χ1n) is 10.9. The summed E-state index contributed by atoms with van der Waals surface area (Å²) in [5.41, 5.74) is 1.33. The van der Waals surface area contributed by atoms with Gasteiger partial charge in [0, 0.05) is 31.9 Å². The molecule has 0 radical (unpaired) electrons. The summed E-state index contributed by atoms with van der Waals surface area (Å²) in [5, 5.41) is 8.46. The van der Waals surface area contributed by atoms with E-state index in [1.165, 1.54) is 30.3 Å². The summed E-state index contributed by atoms with van der Waals surface area (Å²) in [5.74, 6) is -1.67. The number of carboxylic acid groups (broad SMARTS) is 1. The number of rotatable bonds is 6. The summed E-state index contributed by atoms with van der Waals surface area (Å²) in [6.07, 6.45) is -1.98. The number of hydrogen-bond donors (Lipinski definition) is 1. The number of fused-ring (bicyclic) bond motifs is 1.